The third-order valence-electron chi connectivity index (χ3n) is 3.32. The molecule has 0 aliphatic carbocycles. The molecular weight excluding hydrogens is 238 g/mol. The van der Waals surface area contributed by atoms with Crippen LogP contribution in [0.2, 0.25) is 0 Å². The number of fused-ring (bicyclic) bond motifs is 1. The first-order valence-electron chi connectivity index (χ1n) is 6.55. The van der Waals surface area contributed by atoms with Gasteiger partial charge < -0.3 is 9.73 Å². The minimum absolute atomic E-state index is 0.0215. The number of hydrogen-bond acceptors (Lipinski definition) is 4. The second-order valence-corrected chi connectivity index (χ2v) is 5.36. The van der Waals surface area contributed by atoms with E-state index in [4.69, 9.17) is 9.68 Å². The summed E-state index contributed by atoms with van der Waals surface area (Å²) in [5.41, 5.74) is 2.97. The number of oxazole rings is 1. The molecule has 0 saturated carbocycles. The maximum atomic E-state index is 8.49. The van der Waals surface area contributed by atoms with E-state index in [-0.39, 0.29) is 5.41 Å². The van der Waals surface area contributed by atoms with Crippen molar-refractivity contribution in [1.29, 1.82) is 5.26 Å². The Labute approximate surface area is 113 Å². The molecule has 0 unspecified atom stereocenters. The lowest BCUT2D eigenvalue weighted by Crippen LogP contribution is -2.33. The second kappa shape index (κ2) is 5.85. The summed E-state index contributed by atoms with van der Waals surface area (Å²) in [5, 5.41) is 11.9. The molecule has 1 aromatic carbocycles. The monoisotopic (exact) mass is 257 g/mol. The summed E-state index contributed by atoms with van der Waals surface area (Å²) in [6.07, 6.45) is 2.98. The Kier molecular flexibility index (Phi) is 4.18. The lowest BCUT2D eigenvalue weighted by molar-refractivity contribution is 0.467. The van der Waals surface area contributed by atoms with Crippen molar-refractivity contribution in [3.63, 3.8) is 0 Å². The molecule has 2 aromatic rings. The minimum atomic E-state index is 0.0215. The van der Waals surface area contributed by atoms with Gasteiger partial charge in [-0.15, -0.1) is 0 Å². The zero-order valence-corrected chi connectivity index (χ0v) is 11.4. The first-order valence-corrected chi connectivity index (χ1v) is 6.55. The number of nitriles is 1. The van der Waals surface area contributed by atoms with Crippen molar-refractivity contribution in [3.8, 4) is 6.07 Å². The summed E-state index contributed by atoms with van der Waals surface area (Å²) in [7, 11) is 0. The molecule has 0 amide bonds. The summed E-state index contributed by atoms with van der Waals surface area (Å²) in [5.74, 6) is 0. The number of nitrogens with one attached hydrogen (secondary N) is 1. The molecule has 0 radical (unpaired) electrons. The topological polar surface area (TPSA) is 61.9 Å². The van der Waals surface area contributed by atoms with Crippen LogP contribution in [-0.2, 0) is 5.41 Å². The number of hydrogen-bond donors (Lipinski definition) is 1. The van der Waals surface area contributed by atoms with Gasteiger partial charge in [-0.1, -0.05) is 19.9 Å². The molecule has 0 fully saturated rings. The quantitative estimate of drug-likeness (QED) is 0.808. The van der Waals surface area contributed by atoms with Crippen LogP contribution in [0.25, 0.3) is 11.1 Å². The largest absolute Gasteiger partial charge is 0.443 e. The second-order valence-electron chi connectivity index (χ2n) is 5.36. The summed E-state index contributed by atoms with van der Waals surface area (Å²) in [4.78, 5) is 4.12. The van der Waals surface area contributed by atoms with Crippen LogP contribution in [0.4, 0.5) is 0 Å². The van der Waals surface area contributed by atoms with Gasteiger partial charge in [-0.05, 0) is 30.7 Å². The Balaban J connectivity index is 1.99. The van der Waals surface area contributed by atoms with Crippen LogP contribution >= 0.6 is 0 Å². The molecule has 0 spiro atoms. The predicted molar refractivity (Wildman–Crippen MR) is 74.8 cm³/mol. The van der Waals surface area contributed by atoms with Crippen molar-refractivity contribution in [2.45, 2.75) is 32.1 Å². The zero-order valence-electron chi connectivity index (χ0n) is 11.4. The van der Waals surface area contributed by atoms with E-state index in [2.05, 4.69) is 42.4 Å². The Hall–Kier alpha value is -1.86. The average Bonchev–Trinajstić information content (AvgIpc) is 2.85. The van der Waals surface area contributed by atoms with Gasteiger partial charge in [0.25, 0.3) is 0 Å². The lowest BCUT2D eigenvalue weighted by atomic mass is 9.84. The molecule has 0 aliphatic heterocycles. The van der Waals surface area contributed by atoms with Gasteiger partial charge in [-0.3, -0.25) is 0 Å². The number of benzene rings is 1. The molecule has 4 nitrogen and oxygen atoms in total. The summed E-state index contributed by atoms with van der Waals surface area (Å²) in [6.45, 7) is 6.14. The Morgan fingerprint density at radius 1 is 1.42 bits per heavy atom. The van der Waals surface area contributed by atoms with Gasteiger partial charge in [0.2, 0.25) is 0 Å². The number of unbranched alkanes of at least 4 members (excludes halogenated alkanes) is 1. The highest BCUT2D eigenvalue weighted by Crippen LogP contribution is 2.25. The van der Waals surface area contributed by atoms with Crippen molar-refractivity contribution in [2.75, 3.05) is 13.1 Å². The van der Waals surface area contributed by atoms with E-state index in [9.17, 15) is 0 Å². The molecule has 1 N–H and O–H groups in total. The summed E-state index contributed by atoms with van der Waals surface area (Å²) in [6, 6.07) is 8.30. The van der Waals surface area contributed by atoms with Crippen LogP contribution < -0.4 is 5.32 Å². The van der Waals surface area contributed by atoms with Gasteiger partial charge in [0.05, 0.1) is 6.07 Å². The highest BCUT2D eigenvalue weighted by atomic mass is 16.3. The van der Waals surface area contributed by atoms with Gasteiger partial charge in [0, 0.05) is 18.4 Å². The van der Waals surface area contributed by atoms with Gasteiger partial charge >= 0.3 is 0 Å². The van der Waals surface area contributed by atoms with Crippen LogP contribution in [-0.4, -0.2) is 18.1 Å². The van der Waals surface area contributed by atoms with E-state index >= 15 is 0 Å². The number of nitrogens with zero attached hydrogens (tertiary/aromatic N) is 2. The maximum absolute atomic E-state index is 8.49. The Morgan fingerprint density at radius 2 is 2.26 bits per heavy atom. The molecule has 19 heavy (non-hydrogen) atoms. The highest BCUT2D eigenvalue weighted by molar-refractivity contribution is 5.73. The van der Waals surface area contributed by atoms with E-state index in [1.807, 2.05) is 6.07 Å². The fourth-order valence-electron chi connectivity index (χ4n) is 2.07. The van der Waals surface area contributed by atoms with E-state index in [1.165, 1.54) is 12.0 Å². The standard InChI is InChI=1S/C15H19N3O/c1-15(2,10-17-8-4-3-7-16)12-5-6-13-14(9-12)19-11-18-13/h5-6,9,11,17H,3-4,8,10H2,1-2H3. The van der Waals surface area contributed by atoms with E-state index in [1.54, 1.807) is 0 Å². The normalized spacial score (nSPS) is 11.6. The van der Waals surface area contributed by atoms with Gasteiger partial charge in [0.1, 0.15) is 5.52 Å². The Morgan fingerprint density at radius 3 is 3.05 bits per heavy atom. The third-order valence-corrected chi connectivity index (χ3v) is 3.32. The van der Waals surface area contributed by atoms with Crippen LogP contribution in [0.15, 0.2) is 29.0 Å². The molecule has 1 heterocycles. The third kappa shape index (κ3) is 3.33. The van der Waals surface area contributed by atoms with E-state index in [0.29, 0.717) is 6.42 Å². The van der Waals surface area contributed by atoms with Gasteiger partial charge in [0.15, 0.2) is 12.0 Å². The lowest BCUT2D eigenvalue weighted by Gasteiger charge is -2.25. The SMILES string of the molecule is CC(C)(CNCCCC#N)c1ccc2ncoc2c1. The minimum Gasteiger partial charge on any atom is -0.443 e. The van der Waals surface area contributed by atoms with Crippen LogP contribution in [0.1, 0.15) is 32.3 Å². The number of aromatic nitrogens is 1. The molecule has 1 aromatic heterocycles. The Bertz CT molecular complexity index is 580. The maximum Gasteiger partial charge on any atom is 0.181 e. The molecule has 0 saturated heterocycles. The zero-order chi connectivity index (χ0) is 13.7. The summed E-state index contributed by atoms with van der Waals surface area (Å²) < 4.78 is 5.34. The van der Waals surface area contributed by atoms with Crippen molar-refractivity contribution in [2.24, 2.45) is 0 Å². The molecule has 4 heteroatoms. The highest BCUT2D eigenvalue weighted by Gasteiger charge is 2.20. The van der Waals surface area contributed by atoms with Crippen LogP contribution in [0.3, 0.4) is 0 Å². The first kappa shape index (κ1) is 13.6. The van der Waals surface area contributed by atoms with Crippen molar-refractivity contribution < 1.29 is 4.42 Å². The number of rotatable bonds is 6. The van der Waals surface area contributed by atoms with E-state index in [0.717, 1.165) is 30.6 Å². The van der Waals surface area contributed by atoms with Crippen molar-refractivity contribution >= 4 is 11.1 Å². The molecule has 0 bridgehead atoms. The molecule has 0 aliphatic rings. The van der Waals surface area contributed by atoms with Crippen LogP contribution in [0.5, 0.6) is 0 Å². The smallest absolute Gasteiger partial charge is 0.181 e. The fraction of sp³-hybridized carbons (Fsp3) is 0.467. The predicted octanol–water partition coefficient (Wildman–Crippen LogP) is 3.00. The van der Waals surface area contributed by atoms with Crippen LogP contribution in [0, 0.1) is 11.3 Å². The van der Waals surface area contributed by atoms with Gasteiger partial charge in [-0.2, -0.15) is 5.26 Å². The molecule has 2 rings (SSSR count). The summed E-state index contributed by atoms with van der Waals surface area (Å²) >= 11 is 0. The van der Waals surface area contributed by atoms with Crippen molar-refractivity contribution in [1.82, 2.24) is 10.3 Å². The average molecular weight is 257 g/mol. The van der Waals surface area contributed by atoms with Crippen molar-refractivity contribution in [3.05, 3.63) is 30.2 Å². The van der Waals surface area contributed by atoms with Gasteiger partial charge in [-0.25, -0.2) is 4.98 Å². The van der Waals surface area contributed by atoms with E-state index < -0.39 is 0 Å². The molecule has 0 atom stereocenters. The molecule has 100 valence electrons. The molecular formula is C15H19N3O. The fourth-order valence-corrected chi connectivity index (χ4v) is 2.07. The first-order chi connectivity index (χ1) is 9.13.